The molecule has 8 heteroatoms. The van der Waals surface area contributed by atoms with Gasteiger partial charge in [-0.05, 0) is 55.4 Å². The first-order valence-corrected chi connectivity index (χ1v) is 13.5. The van der Waals surface area contributed by atoms with Crippen LogP contribution >= 0.6 is 11.8 Å². The predicted molar refractivity (Wildman–Crippen MR) is 139 cm³/mol. The van der Waals surface area contributed by atoms with Crippen LogP contribution in [0.5, 0.6) is 0 Å². The van der Waals surface area contributed by atoms with Crippen molar-refractivity contribution in [3.05, 3.63) is 65.7 Å². The number of morpholine rings is 1. The Kier molecular flexibility index (Phi) is 7.69. The van der Waals surface area contributed by atoms with Crippen LogP contribution in [-0.2, 0) is 16.0 Å². The van der Waals surface area contributed by atoms with Crippen molar-refractivity contribution in [3.63, 3.8) is 0 Å². The fourth-order valence-corrected chi connectivity index (χ4v) is 5.72. The predicted octanol–water partition coefficient (Wildman–Crippen LogP) is 3.99. The molecule has 3 aromatic rings. The maximum Gasteiger partial charge on any atom is 0.233 e. The van der Waals surface area contributed by atoms with Crippen molar-refractivity contribution in [2.75, 3.05) is 50.0 Å². The van der Waals surface area contributed by atoms with E-state index in [1.165, 1.54) is 22.9 Å². The number of anilines is 1. The number of amides is 1. The SMILES string of the molecule is Cc1cccc(-n2c(SCC(=O)N3CCC(Cc4ccccc4)CC3)nnc2N2CCOCC2)c1. The Morgan fingerprint density at radius 3 is 2.51 bits per heavy atom. The summed E-state index contributed by atoms with van der Waals surface area (Å²) in [7, 11) is 0. The molecule has 0 spiro atoms. The zero-order valence-electron chi connectivity index (χ0n) is 20.3. The molecule has 0 unspecified atom stereocenters. The van der Waals surface area contributed by atoms with Crippen LogP contribution in [0.25, 0.3) is 5.69 Å². The molecule has 2 aliphatic heterocycles. The second-order valence-corrected chi connectivity index (χ2v) is 10.3. The highest BCUT2D eigenvalue weighted by atomic mass is 32.2. The van der Waals surface area contributed by atoms with E-state index in [0.29, 0.717) is 24.9 Å². The Morgan fingerprint density at radius 2 is 1.77 bits per heavy atom. The normalized spacial score (nSPS) is 17.1. The first kappa shape index (κ1) is 23.9. The Labute approximate surface area is 211 Å². The molecule has 0 N–H and O–H groups in total. The molecule has 0 bridgehead atoms. The third kappa shape index (κ3) is 5.87. The molecule has 1 amide bonds. The molecule has 1 aromatic heterocycles. The first-order valence-electron chi connectivity index (χ1n) is 12.5. The van der Waals surface area contributed by atoms with Gasteiger partial charge in [-0.15, -0.1) is 10.2 Å². The largest absolute Gasteiger partial charge is 0.378 e. The van der Waals surface area contributed by atoms with E-state index in [0.717, 1.165) is 62.2 Å². The van der Waals surface area contributed by atoms with Gasteiger partial charge in [0.2, 0.25) is 11.9 Å². The number of aromatic nitrogens is 3. The zero-order valence-corrected chi connectivity index (χ0v) is 21.1. The van der Waals surface area contributed by atoms with E-state index in [1.807, 2.05) is 11.0 Å². The number of carbonyl (C=O) groups is 1. The number of aryl methyl sites for hydroxylation is 1. The van der Waals surface area contributed by atoms with E-state index in [2.05, 4.69) is 75.1 Å². The number of ether oxygens (including phenoxy) is 1. The number of rotatable bonds is 7. The fourth-order valence-electron chi connectivity index (χ4n) is 4.87. The van der Waals surface area contributed by atoms with Crippen LogP contribution in [-0.4, -0.2) is 70.7 Å². The van der Waals surface area contributed by atoms with Gasteiger partial charge >= 0.3 is 0 Å². The molecule has 5 rings (SSSR count). The van der Waals surface area contributed by atoms with Gasteiger partial charge in [0.15, 0.2) is 5.16 Å². The van der Waals surface area contributed by atoms with Crippen molar-refractivity contribution in [1.29, 1.82) is 0 Å². The summed E-state index contributed by atoms with van der Waals surface area (Å²) in [6.45, 7) is 6.68. The molecule has 0 radical (unpaired) electrons. The monoisotopic (exact) mass is 491 g/mol. The van der Waals surface area contributed by atoms with Gasteiger partial charge in [-0.25, -0.2) is 0 Å². The minimum absolute atomic E-state index is 0.180. The summed E-state index contributed by atoms with van der Waals surface area (Å²) in [5, 5.41) is 9.77. The molecule has 0 aliphatic carbocycles. The number of thioether (sulfide) groups is 1. The second-order valence-electron chi connectivity index (χ2n) is 9.36. The van der Waals surface area contributed by atoms with Gasteiger partial charge in [0, 0.05) is 26.2 Å². The van der Waals surface area contributed by atoms with E-state index < -0.39 is 0 Å². The number of carbonyl (C=O) groups excluding carboxylic acids is 1. The van der Waals surface area contributed by atoms with Gasteiger partial charge in [0.05, 0.1) is 24.7 Å². The fraction of sp³-hybridized carbons (Fsp3) is 0.444. The number of likely N-dealkylation sites (tertiary alicyclic amines) is 1. The van der Waals surface area contributed by atoms with Crippen LogP contribution < -0.4 is 4.90 Å². The molecule has 184 valence electrons. The van der Waals surface area contributed by atoms with Gasteiger partial charge in [0.1, 0.15) is 0 Å². The van der Waals surface area contributed by atoms with Crippen LogP contribution in [0.3, 0.4) is 0 Å². The summed E-state index contributed by atoms with van der Waals surface area (Å²) >= 11 is 1.48. The number of piperidine rings is 1. The molecule has 2 saturated heterocycles. The first-order chi connectivity index (χ1) is 17.2. The van der Waals surface area contributed by atoms with E-state index in [-0.39, 0.29) is 5.91 Å². The van der Waals surface area contributed by atoms with Crippen molar-refractivity contribution in [1.82, 2.24) is 19.7 Å². The van der Waals surface area contributed by atoms with Gasteiger partial charge in [-0.1, -0.05) is 54.2 Å². The number of hydrogen-bond acceptors (Lipinski definition) is 6. The number of benzene rings is 2. The van der Waals surface area contributed by atoms with Gasteiger partial charge in [-0.2, -0.15) is 0 Å². The minimum atomic E-state index is 0.180. The van der Waals surface area contributed by atoms with E-state index in [9.17, 15) is 4.79 Å². The lowest BCUT2D eigenvalue weighted by atomic mass is 9.90. The van der Waals surface area contributed by atoms with Gasteiger partial charge < -0.3 is 14.5 Å². The molecule has 3 heterocycles. The summed E-state index contributed by atoms with van der Waals surface area (Å²) in [6.07, 6.45) is 3.22. The summed E-state index contributed by atoms with van der Waals surface area (Å²) in [5.41, 5.74) is 3.59. The molecule has 2 fully saturated rings. The molecular formula is C27H33N5O2S. The highest BCUT2D eigenvalue weighted by molar-refractivity contribution is 7.99. The van der Waals surface area contributed by atoms with E-state index in [4.69, 9.17) is 4.74 Å². The minimum Gasteiger partial charge on any atom is -0.378 e. The number of nitrogens with zero attached hydrogens (tertiary/aromatic N) is 5. The third-order valence-electron chi connectivity index (χ3n) is 6.83. The van der Waals surface area contributed by atoms with Crippen molar-refractivity contribution < 1.29 is 9.53 Å². The molecule has 2 aromatic carbocycles. The lowest BCUT2D eigenvalue weighted by molar-refractivity contribution is -0.129. The van der Waals surface area contributed by atoms with Crippen LogP contribution in [0.15, 0.2) is 59.8 Å². The third-order valence-corrected chi connectivity index (χ3v) is 7.74. The average Bonchev–Trinajstić information content (AvgIpc) is 3.33. The van der Waals surface area contributed by atoms with Crippen molar-refractivity contribution in [2.24, 2.45) is 5.92 Å². The molecular weight excluding hydrogens is 458 g/mol. The van der Waals surface area contributed by atoms with Crippen LogP contribution in [0.2, 0.25) is 0 Å². The topological polar surface area (TPSA) is 63.5 Å². The molecule has 2 aliphatic rings. The maximum atomic E-state index is 13.1. The smallest absolute Gasteiger partial charge is 0.233 e. The van der Waals surface area contributed by atoms with Gasteiger partial charge in [0.25, 0.3) is 0 Å². The maximum absolute atomic E-state index is 13.1. The molecule has 7 nitrogen and oxygen atoms in total. The van der Waals surface area contributed by atoms with Crippen LogP contribution in [0, 0.1) is 12.8 Å². The zero-order chi connectivity index (χ0) is 24.0. The molecule has 0 atom stereocenters. The molecule has 35 heavy (non-hydrogen) atoms. The summed E-state index contributed by atoms with van der Waals surface area (Å²) in [4.78, 5) is 17.3. The molecule has 0 saturated carbocycles. The standard InChI is InChI=1S/C27H33N5O2S/c1-21-6-5-9-24(18-21)32-26(31-14-16-34-17-15-31)28-29-27(32)35-20-25(33)30-12-10-23(11-13-30)19-22-7-3-2-4-8-22/h2-9,18,23H,10-17,19-20H2,1H3. The highest BCUT2D eigenvalue weighted by Crippen LogP contribution is 2.29. The Hall–Kier alpha value is -2.84. The van der Waals surface area contributed by atoms with E-state index >= 15 is 0 Å². The van der Waals surface area contributed by atoms with Crippen LogP contribution in [0.1, 0.15) is 24.0 Å². The number of hydrogen-bond donors (Lipinski definition) is 0. The van der Waals surface area contributed by atoms with Crippen molar-refractivity contribution in [2.45, 2.75) is 31.3 Å². The Balaban J connectivity index is 1.23. The summed E-state index contributed by atoms with van der Waals surface area (Å²) in [5.74, 6) is 2.02. The highest BCUT2D eigenvalue weighted by Gasteiger charge is 2.25. The lowest BCUT2D eigenvalue weighted by Gasteiger charge is -2.32. The quantitative estimate of drug-likeness (QED) is 0.466. The lowest BCUT2D eigenvalue weighted by Crippen LogP contribution is -2.40. The van der Waals surface area contributed by atoms with Gasteiger partial charge in [-0.3, -0.25) is 9.36 Å². The van der Waals surface area contributed by atoms with Crippen molar-refractivity contribution in [3.8, 4) is 5.69 Å². The van der Waals surface area contributed by atoms with Crippen LogP contribution in [0.4, 0.5) is 5.95 Å². The average molecular weight is 492 g/mol. The summed E-state index contributed by atoms with van der Waals surface area (Å²) in [6, 6.07) is 19.0. The second kappa shape index (κ2) is 11.3. The van der Waals surface area contributed by atoms with E-state index in [1.54, 1.807) is 0 Å². The Morgan fingerprint density at radius 1 is 1.00 bits per heavy atom. The van der Waals surface area contributed by atoms with Crippen molar-refractivity contribution >= 4 is 23.6 Å². The Bertz CT molecular complexity index is 1120. The summed E-state index contributed by atoms with van der Waals surface area (Å²) < 4.78 is 7.61.